The molecular weight excluding hydrogens is 306 g/mol. The number of nitrogens with zero attached hydrogens (tertiary/aromatic N) is 5. The lowest BCUT2D eigenvalue weighted by molar-refractivity contribution is -0.117. The van der Waals surface area contributed by atoms with Gasteiger partial charge < -0.3 is 9.64 Å². The number of aromatic nitrogens is 2. The van der Waals surface area contributed by atoms with E-state index in [1.54, 1.807) is 0 Å². The van der Waals surface area contributed by atoms with Gasteiger partial charge in [0.05, 0.1) is 24.5 Å². The molecule has 7 nitrogen and oxygen atoms in total. The zero-order chi connectivity index (χ0) is 16.4. The number of carbonyl (C=O) groups excluding carboxylic acids is 1. The number of rotatable bonds is 5. The lowest BCUT2D eigenvalue weighted by Crippen LogP contribution is -2.50. The van der Waals surface area contributed by atoms with Gasteiger partial charge in [0.15, 0.2) is 0 Å². The predicted octanol–water partition coefficient (Wildman–Crippen LogP) is 0.589. The van der Waals surface area contributed by atoms with Crippen molar-refractivity contribution in [2.45, 2.75) is 25.3 Å². The summed E-state index contributed by atoms with van der Waals surface area (Å²) in [6.07, 6.45) is 6.65. The minimum absolute atomic E-state index is 0.228. The fourth-order valence-electron chi connectivity index (χ4n) is 3.78. The van der Waals surface area contributed by atoms with Crippen molar-refractivity contribution in [2.24, 2.45) is 0 Å². The van der Waals surface area contributed by atoms with Crippen molar-refractivity contribution < 1.29 is 9.53 Å². The molecule has 0 radical (unpaired) electrons. The molecule has 1 aromatic heterocycles. The van der Waals surface area contributed by atoms with Gasteiger partial charge in [0.1, 0.15) is 0 Å². The highest BCUT2D eigenvalue weighted by molar-refractivity contribution is 5.95. The molecule has 3 fully saturated rings. The van der Waals surface area contributed by atoms with Crippen LogP contribution in [-0.2, 0) is 9.53 Å². The number of hydrogen-bond acceptors (Lipinski definition) is 5. The quantitative estimate of drug-likeness (QED) is 0.789. The standard InChI is InChI=1S/C17H27N5O2/c23-17-3-1-5-21(17)15-11-18-22(14-15)16-12-20(13-16)7-6-19-4-2-9-24-10-8-19/h11,14,16H,1-10,12-13H2. The van der Waals surface area contributed by atoms with Crippen molar-refractivity contribution in [1.29, 1.82) is 0 Å². The second-order valence-corrected chi connectivity index (χ2v) is 7.05. The summed E-state index contributed by atoms with van der Waals surface area (Å²) in [5.41, 5.74) is 0.959. The summed E-state index contributed by atoms with van der Waals surface area (Å²) in [6.45, 7) is 9.18. The Balaban J connectivity index is 1.22. The van der Waals surface area contributed by atoms with Crippen LogP contribution in [-0.4, -0.2) is 84.5 Å². The number of amides is 1. The molecule has 0 atom stereocenters. The smallest absolute Gasteiger partial charge is 0.227 e. The first-order chi connectivity index (χ1) is 11.8. The summed E-state index contributed by atoms with van der Waals surface area (Å²) in [6, 6.07) is 0.448. The van der Waals surface area contributed by atoms with E-state index in [9.17, 15) is 4.79 Å². The lowest BCUT2D eigenvalue weighted by atomic mass is 10.1. The molecule has 0 saturated carbocycles. The summed E-state index contributed by atoms with van der Waals surface area (Å²) >= 11 is 0. The van der Waals surface area contributed by atoms with Gasteiger partial charge in [-0.1, -0.05) is 0 Å². The highest BCUT2D eigenvalue weighted by Crippen LogP contribution is 2.25. The molecule has 0 unspecified atom stereocenters. The van der Waals surface area contributed by atoms with E-state index in [2.05, 4.69) is 14.9 Å². The Hall–Kier alpha value is -1.44. The van der Waals surface area contributed by atoms with Crippen LogP contribution in [0, 0.1) is 0 Å². The second kappa shape index (κ2) is 7.21. The van der Waals surface area contributed by atoms with Crippen molar-refractivity contribution >= 4 is 11.6 Å². The maximum Gasteiger partial charge on any atom is 0.227 e. The van der Waals surface area contributed by atoms with Crippen molar-refractivity contribution in [3.05, 3.63) is 12.4 Å². The molecule has 0 bridgehead atoms. The largest absolute Gasteiger partial charge is 0.380 e. The fraction of sp³-hybridized carbons (Fsp3) is 0.765. The van der Waals surface area contributed by atoms with E-state index in [4.69, 9.17) is 4.74 Å². The van der Waals surface area contributed by atoms with E-state index in [0.29, 0.717) is 12.5 Å². The van der Waals surface area contributed by atoms with Gasteiger partial charge in [-0.05, 0) is 12.8 Å². The molecule has 24 heavy (non-hydrogen) atoms. The zero-order valence-electron chi connectivity index (χ0n) is 14.3. The Bertz CT molecular complexity index is 561. The number of carbonyl (C=O) groups is 1. The monoisotopic (exact) mass is 333 g/mol. The first-order valence-corrected chi connectivity index (χ1v) is 9.16. The van der Waals surface area contributed by atoms with E-state index in [-0.39, 0.29) is 5.91 Å². The lowest BCUT2D eigenvalue weighted by Gasteiger charge is -2.40. The van der Waals surface area contributed by atoms with Crippen LogP contribution in [0.3, 0.4) is 0 Å². The molecule has 132 valence electrons. The highest BCUT2D eigenvalue weighted by Gasteiger charge is 2.30. The van der Waals surface area contributed by atoms with E-state index in [0.717, 1.165) is 77.6 Å². The normalized spacial score (nSPS) is 24.3. The van der Waals surface area contributed by atoms with Crippen LogP contribution in [0.15, 0.2) is 12.4 Å². The SMILES string of the molecule is O=C1CCCN1c1cnn(C2CN(CCN3CCCOCC3)C2)c1. The van der Waals surface area contributed by atoms with E-state index in [1.807, 2.05) is 22.0 Å². The number of anilines is 1. The number of ether oxygens (including phenoxy) is 1. The van der Waals surface area contributed by atoms with Crippen molar-refractivity contribution in [3.8, 4) is 0 Å². The summed E-state index contributed by atoms with van der Waals surface area (Å²) in [7, 11) is 0. The van der Waals surface area contributed by atoms with Crippen LogP contribution in [0.4, 0.5) is 5.69 Å². The van der Waals surface area contributed by atoms with Gasteiger partial charge >= 0.3 is 0 Å². The van der Waals surface area contributed by atoms with Crippen LogP contribution >= 0.6 is 0 Å². The topological polar surface area (TPSA) is 53.8 Å². The Labute approximate surface area is 143 Å². The summed E-state index contributed by atoms with van der Waals surface area (Å²) in [4.78, 5) is 18.7. The molecule has 0 aromatic carbocycles. The zero-order valence-corrected chi connectivity index (χ0v) is 14.3. The molecule has 0 aliphatic carbocycles. The number of likely N-dealkylation sites (tertiary alicyclic amines) is 1. The Morgan fingerprint density at radius 3 is 2.79 bits per heavy atom. The molecule has 4 heterocycles. The summed E-state index contributed by atoms with van der Waals surface area (Å²) < 4.78 is 7.54. The first kappa shape index (κ1) is 16.1. The average Bonchev–Trinajstić information content (AvgIpc) is 3.09. The summed E-state index contributed by atoms with van der Waals surface area (Å²) in [5.74, 6) is 0.228. The first-order valence-electron chi connectivity index (χ1n) is 9.16. The Kier molecular flexibility index (Phi) is 4.82. The molecule has 0 spiro atoms. The second-order valence-electron chi connectivity index (χ2n) is 7.05. The van der Waals surface area contributed by atoms with E-state index in [1.165, 1.54) is 0 Å². The minimum Gasteiger partial charge on any atom is -0.380 e. The predicted molar refractivity (Wildman–Crippen MR) is 91.2 cm³/mol. The minimum atomic E-state index is 0.228. The molecule has 3 aliphatic rings. The van der Waals surface area contributed by atoms with Crippen molar-refractivity contribution in [1.82, 2.24) is 19.6 Å². The van der Waals surface area contributed by atoms with E-state index >= 15 is 0 Å². The molecule has 7 heteroatoms. The van der Waals surface area contributed by atoms with Gasteiger partial charge in [0, 0.05) is 65.0 Å². The molecule has 1 aromatic rings. The van der Waals surface area contributed by atoms with Gasteiger partial charge in [0.2, 0.25) is 5.91 Å². The van der Waals surface area contributed by atoms with Crippen LogP contribution in [0.25, 0.3) is 0 Å². The average molecular weight is 333 g/mol. The summed E-state index contributed by atoms with van der Waals surface area (Å²) in [5, 5.41) is 4.48. The fourth-order valence-corrected chi connectivity index (χ4v) is 3.78. The third-order valence-corrected chi connectivity index (χ3v) is 5.33. The Morgan fingerprint density at radius 2 is 1.96 bits per heavy atom. The molecule has 1 amide bonds. The van der Waals surface area contributed by atoms with Crippen LogP contribution in [0.5, 0.6) is 0 Å². The third kappa shape index (κ3) is 3.48. The van der Waals surface area contributed by atoms with Crippen LogP contribution in [0.2, 0.25) is 0 Å². The highest BCUT2D eigenvalue weighted by atomic mass is 16.5. The molecule has 0 N–H and O–H groups in total. The van der Waals surface area contributed by atoms with Crippen molar-refractivity contribution in [3.63, 3.8) is 0 Å². The van der Waals surface area contributed by atoms with Gasteiger partial charge in [-0.3, -0.25) is 19.3 Å². The van der Waals surface area contributed by atoms with Gasteiger partial charge in [-0.25, -0.2) is 0 Å². The molecule has 3 saturated heterocycles. The molecular formula is C17H27N5O2. The Morgan fingerprint density at radius 1 is 1.08 bits per heavy atom. The maximum absolute atomic E-state index is 11.8. The van der Waals surface area contributed by atoms with E-state index < -0.39 is 0 Å². The van der Waals surface area contributed by atoms with Gasteiger partial charge in [-0.2, -0.15) is 5.10 Å². The van der Waals surface area contributed by atoms with Crippen molar-refractivity contribution in [2.75, 3.05) is 63.9 Å². The molecule has 4 rings (SSSR count). The third-order valence-electron chi connectivity index (χ3n) is 5.33. The van der Waals surface area contributed by atoms with Crippen LogP contribution in [0.1, 0.15) is 25.3 Å². The maximum atomic E-state index is 11.8. The van der Waals surface area contributed by atoms with Gasteiger partial charge in [-0.15, -0.1) is 0 Å². The number of hydrogen-bond donors (Lipinski definition) is 0. The van der Waals surface area contributed by atoms with Gasteiger partial charge in [0.25, 0.3) is 0 Å². The molecule has 3 aliphatic heterocycles. The van der Waals surface area contributed by atoms with Crippen LogP contribution < -0.4 is 4.90 Å².